The molecule has 130 valence electrons. The van der Waals surface area contributed by atoms with E-state index < -0.39 is 31.7 Å². The fourth-order valence-electron chi connectivity index (χ4n) is 1.67. The topological polar surface area (TPSA) is 50.2 Å². The van der Waals surface area contributed by atoms with Crippen molar-refractivity contribution in [1.29, 1.82) is 4.78 Å². The highest BCUT2D eigenvalue weighted by Crippen LogP contribution is 2.44. The van der Waals surface area contributed by atoms with E-state index in [0.717, 1.165) is 30.3 Å². The molecule has 0 aliphatic carbocycles. The number of hydrogen-bond donors (Lipinski definition) is 1. The van der Waals surface area contributed by atoms with Gasteiger partial charge in [-0.2, -0.15) is 13.2 Å². The first-order valence-electron chi connectivity index (χ1n) is 5.90. The summed E-state index contributed by atoms with van der Waals surface area (Å²) in [5.41, 5.74) is -5.34. The lowest BCUT2D eigenvalue weighted by Gasteiger charge is -2.17. The Kier molecular flexibility index (Phi) is 5.39. The van der Waals surface area contributed by atoms with Gasteiger partial charge in [0.25, 0.3) is 0 Å². The predicted octanol–water partition coefficient (Wildman–Crippen LogP) is 6.61. The summed E-state index contributed by atoms with van der Waals surface area (Å²) in [5, 5.41) is -0.110. The fourth-order valence-corrected chi connectivity index (χ4v) is 3.50. The smallest absolute Gasteiger partial charge is 0.455 e. The molecule has 1 N–H and O–H groups in total. The van der Waals surface area contributed by atoms with Crippen molar-refractivity contribution in [2.24, 2.45) is 0 Å². The van der Waals surface area contributed by atoms with Crippen molar-refractivity contribution >= 4 is 48.9 Å². The zero-order valence-electron chi connectivity index (χ0n) is 11.3. The van der Waals surface area contributed by atoms with Gasteiger partial charge in [-0.25, -0.2) is 13.4 Å². The molecule has 2 aromatic rings. The zero-order valence-corrected chi connectivity index (χ0v) is 15.2. The Morgan fingerprint density at radius 3 is 2.33 bits per heavy atom. The average Bonchev–Trinajstić information content (AvgIpc) is 2.41. The summed E-state index contributed by atoms with van der Waals surface area (Å²) in [5.74, 6) is -1.65. The van der Waals surface area contributed by atoms with Gasteiger partial charge in [0.05, 0.1) is 9.50 Å². The second kappa shape index (κ2) is 6.70. The van der Waals surface area contributed by atoms with E-state index in [1.807, 2.05) is 0 Å². The fraction of sp³-hybridized carbons (Fsp3) is 0.0769. The summed E-state index contributed by atoms with van der Waals surface area (Å²) >= 11 is 14.4. The number of alkyl halides is 3. The Labute approximate surface area is 152 Å². The zero-order chi connectivity index (χ0) is 18.3. The average molecular weight is 467 g/mol. The first-order chi connectivity index (χ1) is 10.9. The van der Waals surface area contributed by atoms with E-state index in [4.69, 9.17) is 32.7 Å². The van der Waals surface area contributed by atoms with Gasteiger partial charge in [0, 0.05) is 11.1 Å². The number of ether oxygens (including phenoxy) is 1. The summed E-state index contributed by atoms with van der Waals surface area (Å²) in [4.78, 5) is -0.952. The van der Waals surface area contributed by atoms with E-state index in [2.05, 4.69) is 15.9 Å². The van der Waals surface area contributed by atoms with Gasteiger partial charge in [-0.1, -0.05) is 23.2 Å². The van der Waals surface area contributed by atoms with Crippen LogP contribution in [0.5, 0.6) is 11.5 Å². The van der Waals surface area contributed by atoms with Crippen LogP contribution in [0.1, 0.15) is 0 Å². The van der Waals surface area contributed by atoms with Crippen LogP contribution >= 0.6 is 39.1 Å². The molecule has 24 heavy (non-hydrogen) atoms. The molecule has 0 saturated heterocycles. The van der Waals surface area contributed by atoms with Crippen LogP contribution in [0.15, 0.2) is 39.7 Å². The lowest BCUT2D eigenvalue weighted by atomic mass is 10.3. The minimum Gasteiger partial charge on any atom is -0.455 e. The third-order valence-corrected chi connectivity index (χ3v) is 5.85. The summed E-state index contributed by atoms with van der Waals surface area (Å²) in [7, 11) is -5.23. The maximum atomic E-state index is 13.4. The van der Waals surface area contributed by atoms with Crippen molar-refractivity contribution in [3.8, 4) is 11.5 Å². The molecule has 0 aliphatic rings. The Bertz CT molecular complexity index is 883. The van der Waals surface area contributed by atoms with E-state index in [-0.39, 0.29) is 20.3 Å². The molecule has 11 heteroatoms. The largest absolute Gasteiger partial charge is 0.483 e. The molecule has 3 nitrogen and oxygen atoms in total. The van der Waals surface area contributed by atoms with Crippen molar-refractivity contribution in [3.05, 3.63) is 50.7 Å². The molecule has 0 spiro atoms. The van der Waals surface area contributed by atoms with Crippen molar-refractivity contribution in [2.75, 3.05) is 0 Å². The monoisotopic (exact) mass is 465 g/mol. The Balaban J connectivity index is 2.67. The first kappa shape index (κ1) is 19.3. The third kappa shape index (κ3) is 3.79. The third-order valence-electron chi connectivity index (χ3n) is 2.71. The quantitative estimate of drug-likeness (QED) is 0.517. The Morgan fingerprint density at radius 1 is 1.17 bits per heavy atom. The van der Waals surface area contributed by atoms with Crippen LogP contribution in [0.25, 0.3) is 0 Å². The molecule has 1 atom stereocenters. The minimum atomic E-state index is -5.34. The van der Waals surface area contributed by atoms with Gasteiger partial charge in [-0.05, 0) is 40.2 Å². The van der Waals surface area contributed by atoms with Gasteiger partial charge in [-0.3, -0.25) is 0 Å². The lowest BCUT2D eigenvalue weighted by molar-refractivity contribution is -0.0407. The molecule has 0 radical (unpaired) electrons. The minimum absolute atomic E-state index is 0.0476. The van der Waals surface area contributed by atoms with E-state index in [1.54, 1.807) is 0 Å². The van der Waals surface area contributed by atoms with Gasteiger partial charge in [0.15, 0.2) is 15.5 Å². The van der Waals surface area contributed by atoms with E-state index >= 15 is 0 Å². The number of hydrogen-bond acceptors (Lipinski definition) is 3. The molecule has 2 rings (SSSR count). The van der Waals surface area contributed by atoms with Gasteiger partial charge in [0.2, 0.25) is 0 Å². The van der Waals surface area contributed by atoms with Crippen LogP contribution in [-0.4, -0.2) is 9.72 Å². The summed E-state index contributed by atoms with van der Waals surface area (Å²) < 4.78 is 76.4. The maximum Gasteiger partial charge on any atom is 0.483 e. The van der Waals surface area contributed by atoms with Crippen molar-refractivity contribution in [3.63, 3.8) is 0 Å². The standard InChI is InChI=1S/C13H6BrCl2F4NO2S/c14-11-9(16)1-2-10(24(21,22)13(18,19)20)12(11)23-8-4-6(15)3-7(17)5-8/h1-5,21H. The van der Waals surface area contributed by atoms with E-state index in [0.29, 0.717) is 0 Å². The SMILES string of the molecule is N=S(=O)(c1ccc(Cl)c(Br)c1Oc1cc(F)cc(Cl)c1)C(F)(F)F. The van der Waals surface area contributed by atoms with E-state index in [9.17, 15) is 21.8 Å². The highest BCUT2D eigenvalue weighted by molar-refractivity contribution is 9.10. The first-order valence-corrected chi connectivity index (χ1v) is 9.01. The van der Waals surface area contributed by atoms with Crippen LogP contribution in [0, 0.1) is 10.6 Å². The van der Waals surface area contributed by atoms with Gasteiger partial charge in [-0.15, -0.1) is 0 Å². The van der Waals surface area contributed by atoms with Crippen LogP contribution in [0.2, 0.25) is 10.0 Å². The molecule has 0 bridgehead atoms. The van der Waals surface area contributed by atoms with Crippen molar-refractivity contribution in [1.82, 2.24) is 0 Å². The number of benzene rings is 2. The second-order valence-electron chi connectivity index (χ2n) is 4.40. The van der Waals surface area contributed by atoms with Gasteiger partial charge in [0.1, 0.15) is 16.5 Å². The van der Waals surface area contributed by atoms with E-state index in [1.165, 1.54) is 0 Å². The molecule has 0 amide bonds. The predicted molar refractivity (Wildman–Crippen MR) is 85.8 cm³/mol. The van der Waals surface area contributed by atoms with Crippen molar-refractivity contribution in [2.45, 2.75) is 10.4 Å². The Hall–Kier alpha value is -1.03. The lowest BCUT2D eigenvalue weighted by Crippen LogP contribution is -2.22. The number of nitrogens with one attached hydrogen (secondary N) is 1. The second-order valence-corrected chi connectivity index (χ2v) is 8.05. The van der Waals surface area contributed by atoms with Crippen LogP contribution in [0.4, 0.5) is 17.6 Å². The Morgan fingerprint density at radius 2 is 1.79 bits per heavy atom. The van der Waals surface area contributed by atoms with Gasteiger partial charge >= 0.3 is 5.51 Å². The normalized spacial score (nSPS) is 14.3. The summed E-state index contributed by atoms with van der Waals surface area (Å²) in [6.45, 7) is 0. The molecule has 0 aromatic heterocycles. The van der Waals surface area contributed by atoms with Crippen LogP contribution in [0.3, 0.4) is 0 Å². The molecule has 2 aromatic carbocycles. The number of rotatable bonds is 3. The molecule has 0 heterocycles. The molecular weight excluding hydrogens is 461 g/mol. The molecule has 0 aliphatic heterocycles. The summed E-state index contributed by atoms with van der Waals surface area (Å²) in [6, 6.07) is 4.77. The highest BCUT2D eigenvalue weighted by atomic mass is 79.9. The molecule has 1 unspecified atom stereocenters. The van der Waals surface area contributed by atoms with Gasteiger partial charge < -0.3 is 4.74 Å². The maximum absolute atomic E-state index is 13.4. The highest BCUT2D eigenvalue weighted by Gasteiger charge is 2.45. The molecule has 0 saturated carbocycles. The summed E-state index contributed by atoms with van der Waals surface area (Å²) in [6.07, 6.45) is 0. The van der Waals surface area contributed by atoms with Crippen LogP contribution in [-0.2, 0) is 9.73 Å². The van der Waals surface area contributed by atoms with Crippen molar-refractivity contribution < 1.29 is 26.5 Å². The molecule has 0 fully saturated rings. The number of halogens is 7. The molecular formula is C13H6BrCl2F4NO2S. The van der Waals surface area contributed by atoms with Crippen LogP contribution < -0.4 is 4.74 Å².